The van der Waals surface area contributed by atoms with Gasteiger partial charge in [0.05, 0.1) is 0 Å². The first kappa shape index (κ1) is 11.6. The van der Waals surface area contributed by atoms with E-state index in [1.54, 1.807) is 13.8 Å². The second-order valence-corrected chi connectivity index (χ2v) is 3.61. The summed E-state index contributed by atoms with van der Waals surface area (Å²) in [5.41, 5.74) is -0.492. The molecule has 1 amide bonds. The van der Waals surface area contributed by atoms with Gasteiger partial charge >= 0.3 is 0 Å². The largest absolute Gasteiger partial charge is 0.339 e. The number of halogens is 2. The second-order valence-electron chi connectivity index (χ2n) is 3.61. The van der Waals surface area contributed by atoms with Crippen molar-refractivity contribution < 1.29 is 13.6 Å². The van der Waals surface area contributed by atoms with Gasteiger partial charge < -0.3 is 4.90 Å². The molecular formula is C11H13F2NO. The first-order chi connectivity index (χ1) is 6.95. The summed E-state index contributed by atoms with van der Waals surface area (Å²) in [5, 5.41) is 0. The summed E-state index contributed by atoms with van der Waals surface area (Å²) in [6.45, 7) is 3.55. The van der Waals surface area contributed by atoms with Crippen LogP contribution in [-0.2, 0) is 0 Å². The molecule has 15 heavy (non-hydrogen) atoms. The molecule has 1 aromatic carbocycles. The van der Waals surface area contributed by atoms with Gasteiger partial charge in [-0.15, -0.1) is 0 Å². The number of carbonyl (C=O) groups excluding carboxylic acids is 1. The fourth-order valence-corrected chi connectivity index (χ4v) is 1.11. The molecule has 0 bridgehead atoms. The normalized spacial score (nSPS) is 10.5. The Morgan fingerprint density at radius 1 is 1.27 bits per heavy atom. The Bertz CT molecular complexity index is 357. The van der Waals surface area contributed by atoms with E-state index < -0.39 is 23.1 Å². The number of carbonyl (C=O) groups is 1. The Morgan fingerprint density at radius 2 is 1.73 bits per heavy atom. The van der Waals surface area contributed by atoms with E-state index in [2.05, 4.69) is 0 Å². The number of nitrogens with zero attached hydrogens (tertiary/aromatic N) is 1. The van der Waals surface area contributed by atoms with E-state index >= 15 is 0 Å². The molecule has 0 atom stereocenters. The van der Waals surface area contributed by atoms with Crippen molar-refractivity contribution in [1.29, 1.82) is 0 Å². The van der Waals surface area contributed by atoms with Gasteiger partial charge in [-0.1, -0.05) is 6.07 Å². The summed E-state index contributed by atoms with van der Waals surface area (Å²) in [4.78, 5) is 13.0. The fourth-order valence-electron chi connectivity index (χ4n) is 1.11. The lowest BCUT2D eigenvalue weighted by molar-refractivity contribution is 0.0745. The van der Waals surface area contributed by atoms with Gasteiger partial charge in [0.15, 0.2) is 0 Å². The van der Waals surface area contributed by atoms with Crippen LogP contribution in [0.3, 0.4) is 0 Å². The molecule has 0 aliphatic heterocycles. The summed E-state index contributed by atoms with van der Waals surface area (Å²) >= 11 is 0. The van der Waals surface area contributed by atoms with E-state index in [0.717, 1.165) is 12.1 Å². The summed E-state index contributed by atoms with van der Waals surface area (Å²) in [6.07, 6.45) is 0. The van der Waals surface area contributed by atoms with Crippen LogP contribution in [0.5, 0.6) is 0 Å². The second kappa shape index (κ2) is 4.38. The highest BCUT2D eigenvalue weighted by atomic mass is 19.1. The van der Waals surface area contributed by atoms with Crippen molar-refractivity contribution in [1.82, 2.24) is 4.90 Å². The third-order valence-corrected chi connectivity index (χ3v) is 2.27. The lowest BCUT2D eigenvalue weighted by atomic mass is 10.1. The molecule has 1 rings (SSSR count). The molecule has 0 fully saturated rings. The van der Waals surface area contributed by atoms with Crippen molar-refractivity contribution in [2.45, 2.75) is 19.9 Å². The van der Waals surface area contributed by atoms with E-state index in [4.69, 9.17) is 0 Å². The van der Waals surface area contributed by atoms with Gasteiger partial charge in [-0.3, -0.25) is 4.79 Å². The maximum Gasteiger partial charge on any atom is 0.259 e. The molecule has 82 valence electrons. The average molecular weight is 213 g/mol. The van der Waals surface area contributed by atoms with Crippen LogP contribution in [-0.4, -0.2) is 23.9 Å². The molecule has 0 heterocycles. The zero-order chi connectivity index (χ0) is 11.6. The first-order valence-electron chi connectivity index (χ1n) is 4.66. The number of hydrogen-bond donors (Lipinski definition) is 0. The van der Waals surface area contributed by atoms with Crippen LogP contribution < -0.4 is 0 Å². The summed E-state index contributed by atoms with van der Waals surface area (Å²) in [5.74, 6) is -2.29. The summed E-state index contributed by atoms with van der Waals surface area (Å²) in [7, 11) is 1.51. The van der Waals surface area contributed by atoms with Crippen molar-refractivity contribution in [2.75, 3.05) is 7.05 Å². The van der Waals surface area contributed by atoms with E-state index in [9.17, 15) is 13.6 Å². The molecule has 0 N–H and O–H groups in total. The zero-order valence-corrected chi connectivity index (χ0v) is 8.92. The minimum absolute atomic E-state index is 0.100. The van der Waals surface area contributed by atoms with Crippen molar-refractivity contribution >= 4 is 5.91 Å². The molecule has 0 aliphatic rings. The number of rotatable bonds is 2. The number of amides is 1. The van der Waals surface area contributed by atoms with E-state index in [1.165, 1.54) is 18.0 Å². The van der Waals surface area contributed by atoms with Gasteiger partial charge in [-0.2, -0.15) is 0 Å². The molecule has 0 spiro atoms. The monoisotopic (exact) mass is 213 g/mol. The topological polar surface area (TPSA) is 20.3 Å². The minimum Gasteiger partial charge on any atom is -0.339 e. The predicted molar refractivity (Wildman–Crippen MR) is 53.6 cm³/mol. The third-order valence-electron chi connectivity index (χ3n) is 2.27. The molecular weight excluding hydrogens is 200 g/mol. The lowest BCUT2D eigenvalue weighted by Gasteiger charge is -2.21. The standard InChI is InChI=1S/C11H13F2NO/c1-7(2)14(3)11(15)10-8(12)5-4-6-9(10)13/h4-7H,1-3H3. The smallest absolute Gasteiger partial charge is 0.259 e. The van der Waals surface area contributed by atoms with Crippen molar-refractivity contribution in [3.63, 3.8) is 0 Å². The van der Waals surface area contributed by atoms with Crippen LogP contribution in [0.15, 0.2) is 18.2 Å². The SMILES string of the molecule is CC(C)N(C)C(=O)c1c(F)cccc1F. The highest BCUT2D eigenvalue weighted by Crippen LogP contribution is 2.15. The third kappa shape index (κ3) is 2.32. The number of benzene rings is 1. The Labute approximate surface area is 87.5 Å². The quantitative estimate of drug-likeness (QED) is 0.739. The van der Waals surface area contributed by atoms with Crippen molar-refractivity contribution in [3.05, 3.63) is 35.4 Å². The zero-order valence-electron chi connectivity index (χ0n) is 8.92. The van der Waals surface area contributed by atoms with Gasteiger partial charge in [0.2, 0.25) is 0 Å². The molecule has 0 radical (unpaired) electrons. The molecule has 2 nitrogen and oxygen atoms in total. The van der Waals surface area contributed by atoms with Crippen LogP contribution in [0.2, 0.25) is 0 Å². The molecule has 0 saturated heterocycles. The Kier molecular flexibility index (Phi) is 3.39. The average Bonchev–Trinajstić information content (AvgIpc) is 2.15. The van der Waals surface area contributed by atoms with Crippen LogP contribution in [0.4, 0.5) is 8.78 Å². The Hall–Kier alpha value is -1.45. The van der Waals surface area contributed by atoms with Crippen molar-refractivity contribution in [3.8, 4) is 0 Å². The minimum atomic E-state index is -0.826. The lowest BCUT2D eigenvalue weighted by Crippen LogP contribution is -2.34. The molecule has 0 aliphatic carbocycles. The maximum atomic E-state index is 13.2. The number of hydrogen-bond acceptors (Lipinski definition) is 1. The Balaban J connectivity index is 3.11. The van der Waals surface area contributed by atoms with E-state index in [1.807, 2.05) is 0 Å². The van der Waals surface area contributed by atoms with E-state index in [0.29, 0.717) is 0 Å². The Morgan fingerprint density at radius 3 is 2.13 bits per heavy atom. The fraction of sp³-hybridized carbons (Fsp3) is 0.364. The molecule has 4 heteroatoms. The van der Waals surface area contributed by atoms with Gasteiger partial charge in [-0.05, 0) is 26.0 Å². The van der Waals surface area contributed by atoms with Crippen LogP contribution >= 0.6 is 0 Å². The molecule has 0 aromatic heterocycles. The first-order valence-corrected chi connectivity index (χ1v) is 4.66. The maximum absolute atomic E-state index is 13.2. The van der Waals surface area contributed by atoms with Gasteiger partial charge in [0.25, 0.3) is 5.91 Å². The summed E-state index contributed by atoms with van der Waals surface area (Å²) in [6, 6.07) is 3.28. The van der Waals surface area contributed by atoms with Gasteiger partial charge in [0.1, 0.15) is 17.2 Å². The highest BCUT2D eigenvalue weighted by molar-refractivity contribution is 5.94. The molecule has 0 saturated carbocycles. The predicted octanol–water partition coefficient (Wildman–Crippen LogP) is 2.45. The van der Waals surface area contributed by atoms with Gasteiger partial charge in [-0.25, -0.2) is 8.78 Å². The van der Waals surface area contributed by atoms with Crippen LogP contribution in [0, 0.1) is 11.6 Å². The summed E-state index contributed by atoms with van der Waals surface area (Å²) < 4.78 is 26.5. The van der Waals surface area contributed by atoms with Gasteiger partial charge in [0, 0.05) is 13.1 Å². The molecule has 0 unspecified atom stereocenters. The van der Waals surface area contributed by atoms with Crippen LogP contribution in [0.25, 0.3) is 0 Å². The van der Waals surface area contributed by atoms with Crippen LogP contribution in [0.1, 0.15) is 24.2 Å². The molecule has 1 aromatic rings. The van der Waals surface area contributed by atoms with Crippen molar-refractivity contribution in [2.24, 2.45) is 0 Å². The van der Waals surface area contributed by atoms with E-state index in [-0.39, 0.29) is 6.04 Å². The highest BCUT2D eigenvalue weighted by Gasteiger charge is 2.21.